The number of carbonyl (C=O) groups is 1. The van der Waals surface area contributed by atoms with E-state index in [4.69, 9.17) is 0 Å². The van der Waals surface area contributed by atoms with E-state index in [0.29, 0.717) is 6.61 Å². The SMILES string of the molecule is [CH2-]C1COC(=O)O1.[K+]. The first-order chi connectivity index (χ1) is 3.29. The molecule has 0 saturated carbocycles. The molecule has 0 aromatic rings. The predicted octanol–water partition coefficient (Wildman–Crippen LogP) is -2.64. The Morgan fingerprint density at radius 3 is 2.50 bits per heavy atom. The zero-order chi connectivity index (χ0) is 5.28. The van der Waals surface area contributed by atoms with Crippen LogP contribution >= 0.6 is 0 Å². The van der Waals surface area contributed by atoms with E-state index in [-0.39, 0.29) is 57.5 Å². The van der Waals surface area contributed by atoms with Crippen LogP contribution in [0.5, 0.6) is 0 Å². The summed E-state index contributed by atoms with van der Waals surface area (Å²) in [6, 6.07) is 0. The first-order valence-corrected chi connectivity index (χ1v) is 1.95. The maximum atomic E-state index is 9.97. The van der Waals surface area contributed by atoms with Gasteiger partial charge in [-0.25, -0.2) is 4.79 Å². The average Bonchev–Trinajstić information content (AvgIpc) is 1.87. The topological polar surface area (TPSA) is 35.5 Å². The molecule has 1 fully saturated rings. The van der Waals surface area contributed by atoms with Crippen molar-refractivity contribution in [2.75, 3.05) is 6.61 Å². The van der Waals surface area contributed by atoms with Crippen LogP contribution < -0.4 is 51.4 Å². The van der Waals surface area contributed by atoms with Gasteiger partial charge in [-0.3, -0.25) is 6.92 Å². The molecule has 0 N–H and O–H groups in total. The molecule has 1 heterocycles. The fourth-order valence-electron chi connectivity index (χ4n) is 0.365. The molecule has 1 aliphatic rings. The van der Waals surface area contributed by atoms with Crippen molar-refractivity contribution in [1.29, 1.82) is 0 Å². The Kier molecular flexibility index (Phi) is 4.28. The van der Waals surface area contributed by atoms with Crippen molar-refractivity contribution in [3.05, 3.63) is 6.92 Å². The molecule has 1 unspecified atom stereocenters. The maximum absolute atomic E-state index is 9.97. The van der Waals surface area contributed by atoms with Crippen molar-refractivity contribution in [2.24, 2.45) is 0 Å². The van der Waals surface area contributed by atoms with Gasteiger partial charge in [0.1, 0.15) is 6.61 Å². The van der Waals surface area contributed by atoms with E-state index < -0.39 is 6.16 Å². The molecule has 0 aromatic carbocycles. The van der Waals surface area contributed by atoms with Crippen LogP contribution in [0.25, 0.3) is 0 Å². The molecule has 1 atom stereocenters. The average molecular weight is 140 g/mol. The number of carbonyl (C=O) groups excluding carboxylic acids is 1. The molecule has 1 rings (SSSR count). The fraction of sp³-hybridized carbons (Fsp3) is 0.500. The van der Waals surface area contributed by atoms with E-state index in [1.54, 1.807) is 0 Å². The van der Waals surface area contributed by atoms with E-state index in [1.807, 2.05) is 0 Å². The second-order valence-electron chi connectivity index (χ2n) is 1.30. The molecular weight excluding hydrogens is 135 g/mol. The minimum Gasteiger partial charge on any atom is -0.461 e. The van der Waals surface area contributed by atoms with Gasteiger partial charge in [-0.15, -0.1) is 0 Å². The Balaban J connectivity index is 0.000000490. The largest absolute Gasteiger partial charge is 1.00 e. The summed E-state index contributed by atoms with van der Waals surface area (Å²) >= 11 is 0. The van der Waals surface area contributed by atoms with E-state index >= 15 is 0 Å². The Morgan fingerprint density at radius 1 is 1.75 bits per heavy atom. The third kappa shape index (κ3) is 2.46. The van der Waals surface area contributed by atoms with Crippen LogP contribution in [0.2, 0.25) is 0 Å². The van der Waals surface area contributed by atoms with E-state index in [1.165, 1.54) is 0 Å². The van der Waals surface area contributed by atoms with Crippen LogP contribution in [0.1, 0.15) is 0 Å². The molecule has 0 amide bonds. The molecule has 0 aliphatic carbocycles. The van der Waals surface area contributed by atoms with Gasteiger partial charge in [-0.2, -0.15) is 0 Å². The molecule has 0 aromatic heterocycles. The van der Waals surface area contributed by atoms with Gasteiger partial charge in [0, 0.05) is 6.10 Å². The Labute approximate surface area is 90.1 Å². The molecule has 1 saturated heterocycles. The Hall–Kier alpha value is 0.906. The second kappa shape index (κ2) is 3.84. The van der Waals surface area contributed by atoms with Crippen molar-refractivity contribution in [3.8, 4) is 0 Å². The van der Waals surface area contributed by atoms with Gasteiger partial charge in [-0.05, 0) is 0 Å². The predicted molar refractivity (Wildman–Crippen MR) is 21.6 cm³/mol. The summed E-state index contributed by atoms with van der Waals surface area (Å²) in [4.78, 5) is 9.97. The van der Waals surface area contributed by atoms with Crippen molar-refractivity contribution in [3.63, 3.8) is 0 Å². The summed E-state index contributed by atoms with van der Waals surface area (Å²) in [5.74, 6) is 0. The molecule has 3 nitrogen and oxygen atoms in total. The number of ether oxygens (including phenoxy) is 2. The monoisotopic (exact) mass is 140 g/mol. The summed E-state index contributed by atoms with van der Waals surface area (Å²) in [5, 5.41) is 0. The van der Waals surface area contributed by atoms with Crippen LogP contribution in [0.3, 0.4) is 0 Å². The molecule has 0 radical (unpaired) electrons. The molecular formula is C4H5KO3. The van der Waals surface area contributed by atoms with Crippen LogP contribution in [-0.4, -0.2) is 18.9 Å². The summed E-state index contributed by atoms with van der Waals surface area (Å²) in [7, 11) is 0. The Morgan fingerprint density at radius 2 is 2.38 bits per heavy atom. The summed E-state index contributed by atoms with van der Waals surface area (Å²) in [5.41, 5.74) is 0. The van der Waals surface area contributed by atoms with Crippen molar-refractivity contribution < 1.29 is 65.7 Å². The van der Waals surface area contributed by atoms with Crippen LogP contribution in [0.15, 0.2) is 0 Å². The van der Waals surface area contributed by atoms with E-state index in [0.717, 1.165) is 0 Å². The maximum Gasteiger partial charge on any atom is 1.00 e. The molecule has 1 aliphatic heterocycles. The van der Waals surface area contributed by atoms with Crippen molar-refractivity contribution in [2.45, 2.75) is 6.10 Å². The van der Waals surface area contributed by atoms with Crippen LogP contribution in [0, 0.1) is 6.92 Å². The van der Waals surface area contributed by atoms with Crippen LogP contribution in [-0.2, 0) is 9.47 Å². The van der Waals surface area contributed by atoms with E-state index in [2.05, 4.69) is 16.4 Å². The first kappa shape index (κ1) is 8.91. The summed E-state index contributed by atoms with van der Waals surface area (Å²) in [6.45, 7) is 3.71. The minimum absolute atomic E-state index is 0. The van der Waals surface area contributed by atoms with Gasteiger partial charge in [0.2, 0.25) is 0 Å². The quantitative estimate of drug-likeness (QED) is 0.210. The van der Waals surface area contributed by atoms with Gasteiger partial charge in [-0.1, -0.05) is 0 Å². The first-order valence-electron chi connectivity index (χ1n) is 1.95. The smallest absolute Gasteiger partial charge is 0.461 e. The van der Waals surface area contributed by atoms with Gasteiger partial charge in [0.05, 0.1) is 0 Å². The number of cyclic esters (lactones) is 2. The summed E-state index contributed by atoms with van der Waals surface area (Å²) in [6.07, 6.45) is -0.910. The number of hydrogen-bond donors (Lipinski definition) is 0. The van der Waals surface area contributed by atoms with Crippen molar-refractivity contribution in [1.82, 2.24) is 0 Å². The number of rotatable bonds is 0. The number of hydrogen-bond acceptors (Lipinski definition) is 3. The fourth-order valence-corrected chi connectivity index (χ4v) is 0.365. The summed E-state index contributed by atoms with van der Waals surface area (Å²) < 4.78 is 8.73. The zero-order valence-corrected chi connectivity index (χ0v) is 7.84. The molecule has 40 valence electrons. The van der Waals surface area contributed by atoms with Gasteiger partial charge < -0.3 is 9.47 Å². The van der Waals surface area contributed by atoms with Crippen LogP contribution in [0.4, 0.5) is 4.79 Å². The van der Waals surface area contributed by atoms with Gasteiger partial charge in [0.15, 0.2) is 0 Å². The molecule has 0 bridgehead atoms. The molecule has 0 spiro atoms. The zero-order valence-electron chi connectivity index (χ0n) is 4.72. The second-order valence-corrected chi connectivity index (χ2v) is 1.30. The van der Waals surface area contributed by atoms with Gasteiger partial charge in [0.25, 0.3) is 0 Å². The van der Waals surface area contributed by atoms with Gasteiger partial charge >= 0.3 is 57.5 Å². The minimum atomic E-state index is -0.611. The molecule has 4 heteroatoms. The standard InChI is InChI=1S/C4H5O3.K/c1-3-2-6-4(5)7-3;/h3H,1-2H2;/q-1;+1. The third-order valence-corrected chi connectivity index (χ3v) is 0.650. The molecule has 8 heavy (non-hydrogen) atoms. The van der Waals surface area contributed by atoms with Crippen molar-refractivity contribution >= 4 is 6.16 Å². The van der Waals surface area contributed by atoms with E-state index in [9.17, 15) is 4.79 Å². The Bertz CT molecular complexity index is 93.3. The third-order valence-electron chi connectivity index (χ3n) is 0.650. The normalized spacial score (nSPS) is 25.6.